The van der Waals surface area contributed by atoms with Gasteiger partial charge < -0.3 is 14.5 Å². The van der Waals surface area contributed by atoms with E-state index in [4.69, 9.17) is 9.88 Å². The van der Waals surface area contributed by atoms with Crippen molar-refractivity contribution in [2.45, 2.75) is 42.9 Å². The second kappa shape index (κ2) is 5.90. The van der Waals surface area contributed by atoms with E-state index in [-0.39, 0.29) is 22.8 Å². The predicted octanol–water partition coefficient (Wildman–Crippen LogP) is 0.414. The lowest BCUT2D eigenvalue weighted by atomic mass is 9.76. The number of hydrogen-bond donors (Lipinski definition) is 1. The van der Waals surface area contributed by atoms with Crippen molar-refractivity contribution in [2.24, 2.45) is 17.0 Å². The number of nitrogens with zero attached hydrogens (tertiary/aromatic N) is 2. The van der Waals surface area contributed by atoms with Gasteiger partial charge in [-0.25, -0.2) is 13.6 Å². The second-order valence-electron chi connectivity index (χ2n) is 8.54. The molecule has 1 spiro atoms. The number of likely N-dealkylation sites (tertiary alicyclic amines) is 1. The highest BCUT2D eigenvalue weighted by Gasteiger charge is 2.67. The summed E-state index contributed by atoms with van der Waals surface area (Å²) in [5.41, 5.74) is 0.724. The van der Waals surface area contributed by atoms with Crippen LogP contribution in [0.5, 0.6) is 0 Å². The van der Waals surface area contributed by atoms with Crippen molar-refractivity contribution in [3.05, 3.63) is 35.9 Å². The van der Waals surface area contributed by atoms with Gasteiger partial charge in [0.1, 0.15) is 5.60 Å². The zero-order valence-electron chi connectivity index (χ0n) is 16.2. The minimum Gasteiger partial charge on any atom is -0.360 e. The molecule has 5 rings (SSSR count). The largest absolute Gasteiger partial charge is 0.360 e. The van der Waals surface area contributed by atoms with Gasteiger partial charge in [0.2, 0.25) is 21.8 Å². The van der Waals surface area contributed by atoms with E-state index < -0.39 is 33.6 Å². The number of primary sulfonamides is 1. The molecule has 4 aliphatic heterocycles. The number of carbonyl (C=O) groups is 2. The molecule has 0 unspecified atom stereocenters. The van der Waals surface area contributed by atoms with Crippen LogP contribution in [0.1, 0.15) is 19.4 Å². The van der Waals surface area contributed by atoms with Gasteiger partial charge in [-0.05, 0) is 44.0 Å². The maximum absolute atomic E-state index is 13.5. The lowest BCUT2D eigenvalue weighted by molar-refractivity contribution is -0.137. The number of anilines is 1. The molecule has 0 radical (unpaired) electrons. The number of nitrogens with two attached hydrogens (primary N) is 1. The van der Waals surface area contributed by atoms with Crippen LogP contribution < -0.4 is 10.0 Å². The van der Waals surface area contributed by atoms with Crippen molar-refractivity contribution in [1.82, 2.24) is 4.90 Å². The Morgan fingerprint density at radius 3 is 2.79 bits per heavy atom. The van der Waals surface area contributed by atoms with Crippen LogP contribution in [0.25, 0.3) is 0 Å². The monoisotopic (exact) mass is 417 g/mol. The van der Waals surface area contributed by atoms with E-state index >= 15 is 0 Å². The molecule has 9 heteroatoms. The van der Waals surface area contributed by atoms with Crippen molar-refractivity contribution in [1.29, 1.82) is 0 Å². The smallest absolute Gasteiger partial charge is 0.238 e. The van der Waals surface area contributed by atoms with Crippen molar-refractivity contribution in [3.8, 4) is 0 Å². The Bertz CT molecular complexity index is 1070. The predicted molar refractivity (Wildman–Crippen MR) is 104 cm³/mol. The van der Waals surface area contributed by atoms with Gasteiger partial charge in [-0.1, -0.05) is 12.2 Å². The number of rotatable bonds is 3. The average Bonchev–Trinajstić information content (AvgIpc) is 3.39. The topological polar surface area (TPSA) is 110 Å². The molecular weight excluding hydrogens is 394 g/mol. The third-order valence-corrected chi connectivity index (χ3v) is 7.49. The van der Waals surface area contributed by atoms with Crippen LogP contribution >= 0.6 is 0 Å². The first-order valence-corrected chi connectivity index (χ1v) is 11.3. The summed E-state index contributed by atoms with van der Waals surface area (Å²) >= 11 is 0. The molecule has 0 aromatic heterocycles. The van der Waals surface area contributed by atoms with E-state index in [1.165, 1.54) is 12.1 Å². The molecule has 2 N–H and O–H groups in total. The van der Waals surface area contributed by atoms with Gasteiger partial charge in [0, 0.05) is 18.3 Å². The summed E-state index contributed by atoms with van der Waals surface area (Å²) in [5, 5.41) is 5.22. The molecule has 8 nitrogen and oxygen atoms in total. The van der Waals surface area contributed by atoms with Gasteiger partial charge in [0.05, 0.1) is 29.4 Å². The Balaban J connectivity index is 1.48. The summed E-state index contributed by atoms with van der Waals surface area (Å²) in [6, 6.07) is 4.60. The molecule has 29 heavy (non-hydrogen) atoms. The van der Waals surface area contributed by atoms with E-state index in [2.05, 4.69) is 0 Å². The summed E-state index contributed by atoms with van der Waals surface area (Å²) in [6.07, 6.45) is 3.99. The second-order valence-corrected chi connectivity index (χ2v) is 10.1. The maximum atomic E-state index is 13.5. The van der Waals surface area contributed by atoms with Gasteiger partial charge >= 0.3 is 0 Å². The highest BCUT2D eigenvalue weighted by Crippen LogP contribution is 2.53. The molecule has 0 saturated carbocycles. The van der Waals surface area contributed by atoms with E-state index in [9.17, 15) is 18.0 Å². The van der Waals surface area contributed by atoms with Crippen LogP contribution in [-0.4, -0.2) is 56.0 Å². The van der Waals surface area contributed by atoms with E-state index in [1.54, 1.807) is 15.9 Å². The third kappa shape index (κ3) is 2.54. The number of amides is 2. The lowest BCUT2D eigenvalue weighted by Gasteiger charge is -2.28. The summed E-state index contributed by atoms with van der Waals surface area (Å²) in [6.45, 7) is 4.83. The fraction of sp³-hybridized carbons (Fsp3) is 0.500. The number of sulfonamides is 1. The standard InChI is InChI=1S/C20H23N3O5S/c1-11(2)23-10-20-7-5-15(28-20)16(17(20)19(23)25)18(24)22-8-6-12-9-13(29(21,26)27)3-4-14(12)22/h3-5,7,9,11,15-17H,6,8,10H2,1-2H3,(H2,21,26,27)/t15-,16-,17-,20-/m1/s1. The molecule has 4 heterocycles. The van der Waals surface area contributed by atoms with Crippen LogP contribution in [0, 0.1) is 11.8 Å². The van der Waals surface area contributed by atoms with Crippen LogP contribution in [-0.2, 0) is 30.8 Å². The van der Waals surface area contributed by atoms with Crippen LogP contribution in [0.15, 0.2) is 35.2 Å². The van der Waals surface area contributed by atoms with Gasteiger partial charge in [-0.3, -0.25) is 9.59 Å². The number of benzene rings is 1. The van der Waals surface area contributed by atoms with Crippen molar-refractivity contribution < 1.29 is 22.7 Å². The Morgan fingerprint density at radius 1 is 1.34 bits per heavy atom. The molecule has 2 bridgehead atoms. The summed E-state index contributed by atoms with van der Waals surface area (Å²) in [5.74, 6) is -1.26. The molecule has 2 amide bonds. The van der Waals surface area contributed by atoms with E-state index in [1.807, 2.05) is 26.0 Å². The van der Waals surface area contributed by atoms with E-state index in [0.717, 1.165) is 5.56 Å². The number of carbonyl (C=O) groups excluding carboxylic acids is 2. The van der Waals surface area contributed by atoms with Crippen molar-refractivity contribution >= 4 is 27.5 Å². The summed E-state index contributed by atoms with van der Waals surface area (Å²) in [7, 11) is -3.80. The van der Waals surface area contributed by atoms with Gasteiger partial charge in [-0.2, -0.15) is 0 Å². The van der Waals surface area contributed by atoms with Gasteiger partial charge in [0.15, 0.2) is 0 Å². The van der Waals surface area contributed by atoms with Crippen LogP contribution in [0.2, 0.25) is 0 Å². The lowest BCUT2D eigenvalue weighted by Crippen LogP contribution is -2.46. The number of fused-ring (bicyclic) bond motifs is 2. The maximum Gasteiger partial charge on any atom is 0.238 e. The van der Waals surface area contributed by atoms with Crippen LogP contribution in [0.4, 0.5) is 5.69 Å². The normalized spacial score (nSPS) is 32.4. The molecule has 0 aliphatic carbocycles. The minimum absolute atomic E-state index is 0.0332. The van der Waals surface area contributed by atoms with Crippen LogP contribution in [0.3, 0.4) is 0 Å². The summed E-state index contributed by atoms with van der Waals surface area (Å²) < 4.78 is 29.4. The zero-order valence-corrected chi connectivity index (χ0v) is 17.1. The fourth-order valence-corrected chi connectivity index (χ4v) is 5.78. The molecule has 154 valence electrons. The zero-order chi connectivity index (χ0) is 20.7. The van der Waals surface area contributed by atoms with E-state index in [0.29, 0.717) is 25.2 Å². The van der Waals surface area contributed by atoms with Gasteiger partial charge in [0.25, 0.3) is 0 Å². The Morgan fingerprint density at radius 2 is 2.10 bits per heavy atom. The first-order chi connectivity index (χ1) is 13.6. The SMILES string of the molecule is CC(C)N1C[C@@]23C=C[C@@H](O2)[C@@H](C(=O)N2CCc4cc(S(N)(=O)=O)ccc42)[C@@H]3C1=O. The quantitative estimate of drug-likeness (QED) is 0.717. The minimum atomic E-state index is -3.80. The first-order valence-electron chi connectivity index (χ1n) is 9.77. The molecule has 4 atom stereocenters. The number of hydrogen-bond acceptors (Lipinski definition) is 5. The first kappa shape index (κ1) is 18.8. The molecule has 2 saturated heterocycles. The summed E-state index contributed by atoms with van der Waals surface area (Å²) in [4.78, 5) is 30.1. The third-order valence-electron chi connectivity index (χ3n) is 6.58. The Kier molecular flexibility index (Phi) is 3.82. The molecule has 4 aliphatic rings. The van der Waals surface area contributed by atoms with Crippen molar-refractivity contribution in [3.63, 3.8) is 0 Å². The van der Waals surface area contributed by atoms with Gasteiger partial charge in [-0.15, -0.1) is 0 Å². The molecule has 1 aromatic rings. The highest BCUT2D eigenvalue weighted by atomic mass is 32.2. The fourth-order valence-electron chi connectivity index (χ4n) is 5.21. The Labute approximate surface area is 169 Å². The molecule has 2 fully saturated rings. The highest BCUT2D eigenvalue weighted by molar-refractivity contribution is 7.89. The van der Waals surface area contributed by atoms with Crippen molar-refractivity contribution in [2.75, 3.05) is 18.0 Å². The number of ether oxygens (including phenoxy) is 1. The average molecular weight is 417 g/mol. The molecular formula is C20H23N3O5S. The molecule has 1 aromatic carbocycles. The Hall–Kier alpha value is -2.23.